The van der Waals surface area contributed by atoms with Crippen molar-refractivity contribution in [3.8, 4) is 0 Å². The van der Waals surface area contributed by atoms with Crippen LogP contribution in [0.15, 0.2) is 18.2 Å². The highest BCUT2D eigenvalue weighted by Gasteiger charge is 2.36. The van der Waals surface area contributed by atoms with Crippen molar-refractivity contribution < 1.29 is 18.3 Å². The number of amides is 1. The van der Waals surface area contributed by atoms with E-state index in [0.29, 0.717) is 31.6 Å². The van der Waals surface area contributed by atoms with E-state index in [0.717, 1.165) is 22.9 Å². The van der Waals surface area contributed by atoms with Crippen molar-refractivity contribution in [3.05, 3.63) is 52.3 Å². The number of aromatic amines is 1. The molecule has 1 aromatic carbocycles. The molecule has 1 aromatic heterocycles. The zero-order valence-electron chi connectivity index (χ0n) is 14.8. The molecule has 138 valence electrons. The number of benzene rings is 1. The molecule has 2 aliphatic heterocycles. The predicted octanol–water partition coefficient (Wildman–Crippen LogP) is 3.02. The van der Waals surface area contributed by atoms with E-state index in [9.17, 15) is 13.6 Å². The molecule has 0 saturated carbocycles. The quantitative estimate of drug-likeness (QED) is 0.914. The molecule has 1 saturated heterocycles. The van der Waals surface area contributed by atoms with Gasteiger partial charge in [-0.25, -0.2) is 8.78 Å². The van der Waals surface area contributed by atoms with Crippen LogP contribution in [0.4, 0.5) is 8.78 Å². The van der Waals surface area contributed by atoms with Crippen molar-refractivity contribution in [3.63, 3.8) is 0 Å². The van der Waals surface area contributed by atoms with Crippen LogP contribution in [0.1, 0.15) is 47.3 Å². The van der Waals surface area contributed by atoms with E-state index in [1.54, 1.807) is 11.0 Å². The highest BCUT2D eigenvalue weighted by atomic mass is 19.2. The largest absolute Gasteiger partial charge is 0.369 e. The number of carbonyl (C=O) groups is 1. The van der Waals surface area contributed by atoms with Crippen LogP contribution in [-0.2, 0) is 17.6 Å². The lowest BCUT2D eigenvalue weighted by molar-refractivity contribution is -0.00709. The molecule has 0 unspecified atom stereocenters. The summed E-state index contributed by atoms with van der Waals surface area (Å²) in [5, 5.41) is 7.17. The van der Waals surface area contributed by atoms with Crippen LogP contribution < -0.4 is 0 Å². The van der Waals surface area contributed by atoms with Crippen LogP contribution >= 0.6 is 0 Å². The molecule has 1 fully saturated rings. The number of aromatic nitrogens is 2. The standard InChI is InChI=1S/C19H21F2N3O2/c1-10-5-14-17(11(2)26-10)22-23-18(14)19(25)24-8-13(9-24)6-12-3-4-15(20)16(21)7-12/h3-4,7,10-11,13H,5-6,8-9H2,1-2H3,(H,22,23)/t10-,11+/m1/s1. The summed E-state index contributed by atoms with van der Waals surface area (Å²) in [6.07, 6.45) is 1.25. The van der Waals surface area contributed by atoms with Crippen LogP contribution in [0.3, 0.4) is 0 Å². The SMILES string of the molecule is C[C@@H]1Cc2c(C(=O)N3CC(Cc4ccc(F)c(F)c4)C3)n[nH]c2[C@H](C)O1. The van der Waals surface area contributed by atoms with Gasteiger partial charge in [0.05, 0.1) is 17.9 Å². The van der Waals surface area contributed by atoms with Crippen LogP contribution in [0, 0.1) is 17.6 Å². The number of fused-ring (bicyclic) bond motifs is 1. The Hall–Kier alpha value is -2.28. The Bertz CT molecular complexity index is 845. The van der Waals surface area contributed by atoms with Crippen LogP contribution in [-0.4, -0.2) is 40.2 Å². The van der Waals surface area contributed by atoms with Gasteiger partial charge in [0.15, 0.2) is 17.3 Å². The average molecular weight is 361 g/mol. The Labute approximate surface area is 150 Å². The Balaban J connectivity index is 1.40. The third-order valence-corrected chi connectivity index (χ3v) is 5.19. The van der Waals surface area contributed by atoms with Crippen molar-refractivity contribution in [1.82, 2.24) is 15.1 Å². The summed E-state index contributed by atoms with van der Waals surface area (Å²) in [7, 11) is 0. The molecule has 0 radical (unpaired) electrons. The van der Waals surface area contributed by atoms with Gasteiger partial charge in [-0.3, -0.25) is 9.89 Å². The molecule has 7 heteroatoms. The number of halogens is 2. The molecule has 0 aliphatic carbocycles. The van der Waals surface area contributed by atoms with E-state index in [1.807, 2.05) is 13.8 Å². The summed E-state index contributed by atoms with van der Waals surface area (Å²) in [5.74, 6) is -1.50. The molecule has 4 rings (SSSR count). The number of hydrogen-bond donors (Lipinski definition) is 1. The van der Waals surface area contributed by atoms with Crippen molar-refractivity contribution >= 4 is 5.91 Å². The van der Waals surface area contributed by atoms with E-state index >= 15 is 0 Å². The van der Waals surface area contributed by atoms with E-state index in [-0.39, 0.29) is 24.0 Å². The maximum atomic E-state index is 13.3. The number of likely N-dealkylation sites (tertiary alicyclic amines) is 1. The molecule has 0 bridgehead atoms. The topological polar surface area (TPSA) is 58.2 Å². The smallest absolute Gasteiger partial charge is 0.274 e. The maximum absolute atomic E-state index is 13.3. The van der Waals surface area contributed by atoms with Gasteiger partial charge in [0.25, 0.3) is 5.91 Å². The summed E-state index contributed by atoms with van der Waals surface area (Å²) in [6, 6.07) is 3.97. The Kier molecular flexibility index (Phi) is 4.26. The number of carbonyl (C=O) groups excluding carboxylic acids is 1. The Morgan fingerprint density at radius 1 is 1.31 bits per heavy atom. The second-order valence-corrected chi connectivity index (χ2v) is 7.29. The molecule has 2 aliphatic rings. The summed E-state index contributed by atoms with van der Waals surface area (Å²) in [6.45, 7) is 5.13. The van der Waals surface area contributed by atoms with Gasteiger partial charge in [-0.05, 0) is 43.9 Å². The second-order valence-electron chi connectivity index (χ2n) is 7.29. The maximum Gasteiger partial charge on any atom is 0.274 e. The van der Waals surface area contributed by atoms with Gasteiger partial charge in [0, 0.05) is 25.1 Å². The van der Waals surface area contributed by atoms with Crippen molar-refractivity contribution in [2.24, 2.45) is 5.92 Å². The van der Waals surface area contributed by atoms with Crippen molar-refractivity contribution in [1.29, 1.82) is 0 Å². The highest BCUT2D eigenvalue weighted by molar-refractivity contribution is 5.94. The van der Waals surface area contributed by atoms with Gasteiger partial charge in [-0.15, -0.1) is 0 Å². The van der Waals surface area contributed by atoms with Crippen molar-refractivity contribution in [2.45, 2.75) is 38.9 Å². The molecule has 2 aromatic rings. The number of hydrogen-bond acceptors (Lipinski definition) is 3. The fourth-order valence-electron chi connectivity index (χ4n) is 3.87. The summed E-state index contributed by atoms with van der Waals surface area (Å²) < 4.78 is 32.1. The fraction of sp³-hybridized carbons (Fsp3) is 0.474. The first kappa shape index (κ1) is 17.1. The molecule has 26 heavy (non-hydrogen) atoms. The van der Waals surface area contributed by atoms with Crippen LogP contribution in [0.25, 0.3) is 0 Å². The average Bonchev–Trinajstić information content (AvgIpc) is 2.97. The van der Waals surface area contributed by atoms with Gasteiger partial charge in [-0.2, -0.15) is 5.10 Å². The number of H-pyrrole nitrogens is 1. The number of nitrogens with one attached hydrogen (secondary N) is 1. The van der Waals surface area contributed by atoms with Gasteiger partial charge in [0.2, 0.25) is 0 Å². The monoisotopic (exact) mass is 361 g/mol. The number of rotatable bonds is 3. The van der Waals surface area contributed by atoms with E-state index in [4.69, 9.17) is 4.74 Å². The zero-order valence-corrected chi connectivity index (χ0v) is 14.8. The van der Waals surface area contributed by atoms with E-state index in [2.05, 4.69) is 10.2 Å². The van der Waals surface area contributed by atoms with Gasteiger partial charge in [0.1, 0.15) is 0 Å². The minimum atomic E-state index is -0.838. The third kappa shape index (κ3) is 3.00. The Morgan fingerprint density at radius 2 is 2.08 bits per heavy atom. The fourth-order valence-corrected chi connectivity index (χ4v) is 3.87. The summed E-state index contributed by atoms with van der Waals surface area (Å²) in [5.41, 5.74) is 3.06. The Morgan fingerprint density at radius 3 is 2.81 bits per heavy atom. The van der Waals surface area contributed by atoms with Gasteiger partial charge in [-0.1, -0.05) is 6.07 Å². The summed E-state index contributed by atoms with van der Waals surface area (Å²) in [4.78, 5) is 14.5. The lowest BCUT2D eigenvalue weighted by Gasteiger charge is -2.39. The molecule has 5 nitrogen and oxygen atoms in total. The minimum Gasteiger partial charge on any atom is -0.369 e. The van der Waals surface area contributed by atoms with E-state index < -0.39 is 11.6 Å². The predicted molar refractivity (Wildman–Crippen MR) is 90.7 cm³/mol. The van der Waals surface area contributed by atoms with Crippen LogP contribution in [0.2, 0.25) is 0 Å². The van der Waals surface area contributed by atoms with Crippen molar-refractivity contribution in [2.75, 3.05) is 13.1 Å². The lowest BCUT2D eigenvalue weighted by atomic mass is 9.91. The second kappa shape index (κ2) is 6.46. The highest BCUT2D eigenvalue weighted by Crippen LogP contribution is 2.32. The summed E-state index contributed by atoms with van der Waals surface area (Å²) >= 11 is 0. The molecular weight excluding hydrogens is 340 g/mol. The van der Waals surface area contributed by atoms with Gasteiger partial charge >= 0.3 is 0 Å². The zero-order chi connectivity index (χ0) is 18.4. The molecule has 2 atom stereocenters. The van der Waals surface area contributed by atoms with Gasteiger partial charge < -0.3 is 9.64 Å². The molecule has 1 amide bonds. The minimum absolute atomic E-state index is 0.0548. The molecular formula is C19H21F2N3O2. The molecule has 1 N–H and O–H groups in total. The normalized spacial score (nSPS) is 22.8. The number of ether oxygens (including phenoxy) is 1. The third-order valence-electron chi connectivity index (χ3n) is 5.19. The lowest BCUT2D eigenvalue weighted by Crippen LogP contribution is -2.51. The first-order chi connectivity index (χ1) is 12.4. The first-order valence-corrected chi connectivity index (χ1v) is 8.88. The molecule has 0 spiro atoms. The van der Waals surface area contributed by atoms with Crippen LogP contribution in [0.5, 0.6) is 0 Å². The molecule has 3 heterocycles. The number of nitrogens with zero attached hydrogens (tertiary/aromatic N) is 2. The van der Waals surface area contributed by atoms with E-state index in [1.165, 1.54) is 6.07 Å². The first-order valence-electron chi connectivity index (χ1n) is 8.88.